The van der Waals surface area contributed by atoms with E-state index in [1.54, 1.807) is 0 Å². The van der Waals surface area contributed by atoms with E-state index < -0.39 is 0 Å². The van der Waals surface area contributed by atoms with Crippen molar-refractivity contribution >= 4 is 40.2 Å². The van der Waals surface area contributed by atoms with Gasteiger partial charge in [-0.15, -0.1) is 0 Å². The average Bonchev–Trinajstić information content (AvgIpc) is 1.95. The van der Waals surface area contributed by atoms with E-state index in [1.165, 1.54) is 0 Å². The Morgan fingerprint density at radius 2 is 2.20 bits per heavy atom. The predicted octanol–water partition coefficient (Wildman–Crippen LogP) is 3.41. The molecule has 1 aromatic rings. The van der Waals surface area contributed by atoms with Crippen LogP contribution in [0.15, 0.2) is 18.2 Å². The molecule has 0 bridgehead atoms. The minimum Gasteiger partial charge on any atom is -0.328 e. The first-order valence-corrected chi connectivity index (χ1v) is 4.33. The molecule has 0 heterocycles. The van der Waals surface area contributed by atoms with Crippen molar-refractivity contribution in [1.82, 2.24) is 0 Å². The smallest absolute Gasteiger partial charge is 0.0560 e. The molecule has 1 rings (SSSR count). The van der Waals surface area contributed by atoms with Crippen LogP contribution in [-0.4, -0.2) is 0 Å². The van der Waals surface area contributed by atoms with E-state index in [1.807, 2.05) is 25.1 Å². The van der Waals surface area contributed by atoms with Gasteiger partial charge < -0.3 is 3.53 Å². The minimum absolute atomic E-state index is 0.807. The first kappa shape index (κ1) is 8.14. The molecule has 1 nitrogen and oxygen atoms in total. The zero-order valence-corrected chi connectivity index (χ0v) is 8.40. The normalized spacial score (nSPS) is 9.50. The van der Waals surface area contributed by atoms with E-state index >= 15 is 0 Å². The number of nitrogens with one attached hydrogen (secondary N) is 1. The molecule has 0 aliphatic heterocycles. The number of hydrogen-bond donors (Lipinski definition) is 1. The maximum atomic E-state index is 5.85. The summed E-state index contributed by atoms with van der Waals surface area (Å²) in [4.78, 5) is 0. The molecular weight excluding hydrogens is 260 g/mol. The van der Waals surface area contributed by atoms with Gasteiger partial charge in [-0.3, -0.25) is 0 Å². The number of rotatable bonds is 1. The molecule has 0 radical (unpaired) electrons. The van der Waals surface area contributed by atoms with E-state index in [2.05, 4.69) is 26.4 Å². The molecule has 0 aromatic heterocycles. The third-order valence-corrected chi connectivity index (χ3v) is 2.36. The van der Waals surface area contributed by atoms with Gasteiger partial charge in [-0.2, -0.15) is 0 Å². The summed E-state index contributed by atoms with van der Waals surface area (Å²) in [5.74, 6) is 0. The van der Waals surface area contributed by atoms with Crippen LogP contribution in [0.5, 0.6) is 0 Å². The molecule has 10 heavy (non-hydrogen) atoms. The summed E-state index contributed by atoms with van der Waals surface area (Å²) in [6, 6.07) is 5.80. The summed E-state index contributed by atoms with van der Waals surface area (Å²) < 4.78 is 3.02. The van der Waals surface area contributed by atoms with Crippen LogP contribution >= 0.6 is 34.5 Å². The Kier molecular flexibility index (Phi) is 2.80. The summed E-state index contributed by atoms with van der Waals surface area (Å²) >= 11 is 7.94. The molecule has 0 spiro atoms. The lowest BCUT2D eigenvalue weighted by Gasteiger charge is -2.03. The second-order valence-corrected chi connectivity index (χ2v) is 2.95. The third-order valence-electron chi connectivity index (χ3n) is 1.37. The Balaban J connectivity index is 3.14. The van der Waals surface area contributed by atoms with Gasteiger partial charge in [-0.1, -0.05) is 17.7 Å². The largest absolute Gasteiger partial charge is 0.328 e. The van der Waals surface area contributed by atoms with Crippen molar-refractivity contribution < 1.29 is 0 Å². The molecule has 0 aliphatic rings. The van der Waals surface area contributed by atoms with Crippen LogP contribution in [0, 0.1) is 6.92 Å². The molecule has 0 fully saturated rings. The number of anilines is 1. The molecule has 0 saturated carbocycles. The van der Waals surface area contributed by atoms with Crippen LogP contribution in [0.2, 0.25) is 5.02 Å². The average molecular weight is 267 g/mol. The van der Waals surface area contributed by atoms with Gasteiger partial charge in [0.15, 0.2) is 0 Å². The van der Waals surface area contributed by atoms with Gasteiger partial charge in [0.1, 0.15) is 0 Å². The lowest BCUT2D eigenvalue weighted by atomic mass is 10.2. The molecule has 1 N–H and O–H groups in total. The summed E-state index contributed by atoms with van der Waals surface area (Å²) in [5.41, 5.74) is 2.17. The zero-order chi connectivity index (χ0) is 7.56. The van der Waals surface area contributed by atoms with Crippen molar-refractivity contribution in [3.63, 3.8) is 0 Å². The van der Waals surface area contributed by atoms with Gasteiger partial charge in [0, 0.05) is 10.7 Å². The van der Waals surface area contributed by atoms with E-state index in [4.69, 9.17) is 11.6 Å². The maximum absolute atomic E-state index is 5.85. The predicted molar refractivity (Wildman–Crippen MR) is 53.8 cm³/mol. The molecule has 54 valence electrons. The highest BCUT2D eigenvalue weighted by molar-refractivity contribution is 14.1. The van der Waals surface area contributed by atoms with Crippen LogP contribution in [0.4, 0.5) is 5.69 Å². The highest BCUT2D eigenvalue weighted by atomic mass is 127. The molecule has 0 atom stereocenters. The third kappa shape index (κ3) is 1.55. The Bertz CT molecular complexity index is 237. The molecule has 0 aliphatic carbocycles. The Morgan fingerprint density at radius 3 is 2.70 bits per heavy atom. The quantitative estimate of drug-likeness (QED) is 0.607. The molecule has 0 unspecified atom stereocenters. The molecule has 0 amide bonds. The van der Waals surface area contributed by atoms with Crippen LogP contribution in [-0.2, 0) is 0 Å². The fraction of sp³-hybridized carbons (Fsp3) is 0.143. The first-order chi connectivity index (χ1) is 4.75. The summed E-state index contributed by atoms with van der Waals surface area (Å²) in [6.45, 7) is 1.99. The van der Waals surface area contributed by atoms with Crippen LogP contribution in [0.3, 0.4) is 0 Å². The lowest BCUT2D eigenvalue weighted by Crippen LogP contribution is -1.83. The van der Waals surface area contributed by atoms with Crippen molar-refractivity contribution in [2.24, 2.45) is 0 Å². The van der Waals surface area contributed by atoms with E-state index in [9.17, 15) is 0 Å². The standard InChI is InChI=1S/C7H7ClIN/c1-5-6(8)3-2-4-7(5)10-9/h2-4,10H,1H3. The van der Waals surface area contributed by atoms with Gasteiger partial charge in [0.25, 0.3) is 0 Å². The van der Waals surface area contributed by atoms with Gasteiger partial charge in [0.05, 0.1) is 22.9 Å². The van der Waals surface area contributed by atoms with E-state index in [0.29, 0.717) is 0 Å². The minimum atomic E-state index is 0.807. The van der Waals surface area contributed by atoms with E-state index in [0.717, 1.165) is 16.3 Å². The zero-order valence-electron chi connectivity index (χ0n) is 5.49. The fourth-order valence-corrected chi connectivity index (χ4v) is 1.47. The van der Waals surface area contributed by atoms with Crippen molar-refractivity contribution in [2.45, 2.75) is 6.92 Å². The van der Waals surface area contributed by atoms with Crippen LogP contribution in [0.1, 0.15) is 5.56 Å². The topological polar surface area (TPSA) is 12.0 Å². The highest BCUT2D eigenvalue weighted by Crippen LogP contribution is 2.23. The Labute approximate surface area is 79.3 Å². The first-order valence-electron chi connectivity index (χ1n) is 2.87. The van der Waals surface area contributed by atoms with Crippen molar-refractivity contribution in [1.29, 1.82) is 0 Å². The molecule has 1 aromatic carbocycles. The van der Waals surface area contributed by atoms with Gasteiger partial charge in [-0.25, -0.2) is 0 Å². The van der Waals surface area contributed by atoms with Gasteiger partial charge >= 0.3 is 0 Å². The van der Waals surface area contributed by atoms with Gasteiger partial charge in [-0.05, 0) is 24.6 Å². The second kappa shape index (κ2) is 3.44. The number of hydrogen-bond acceptors (Lipinski definition) is 1. The second-order valence-electron chi connectivity index (χ2n) is 2.01. The lowest BCUT2D eigenvalue weighted by molar-refractivity contribution is 1.48. The molecular formula is C7H7ClIN. The van der Waals surface area contributed by atoms with Crippen molar-refractivity contribution in [3.05, 3.63) is 28.8 Å². The maximum Gasteiger partial charge on any atom is 0.0560 e. The van der Waals surface area contributed by atoms with Crippen LogP contribution in [0.25, 0.3) is 0 Å². The van der Waals surface area contributed by atoms with Crippen LogP contribution < -0.4 is 3.53 Å². The SMILES string of the molecule is Cc1c(Cl)cccc1NI. The molecule has 0 saturated heterocycles. The van der Waals surface area contributed by atoms with E-state index in [-0.39, 0.29) is 0 Å². The highest BCUT2D eigenvalue weighted by Gasteiger charge is 1.97. The number of halogens is 2. The summed E-state index contributed by atoms with van der Waals surface area (Å²) in [7, 11) is 0. The van der Waals surface area contributed by atoms with Crippen molar-refractivity contribution in [2.75, 3.05) is 3.53 Å². The Hall–Kier alpha value is 0.0400. The van der Waals surface area contributed by atoms with Crippen molar-refractivity contribution in [3.8, 4) is 0 Å². The van der Waals surface area contributed by atoms with Gasteiger partial charge in [0.2, 0.25) is 0 Å². The number of benzene rings is 1. The fourth-order valence-electron chi connectivity index (χ4n) is 0.710. The summed E-state index contributed by atoms with van der Waals surface area (Å²) in [6.07, 6.45) is 0. The molecule has 3 heteroatoms. The summed E-state index contributed by atoms with van der Waals surface area (Å²) in [5, 5.41) is 0.807. The monoisotopic (exact) mass is 267 g/mol. The Morgan fingerprint density at radius 1 is 1.50 bits per heavy atom.